The van der Waals surface area contributed by atoms with Crippen LogP contribution in [0.25, 0.3) is 0 Å². The molecule has 1 amide bonds. The van der Waals surface area contributed by atoms with Gasteiger partial charge in [-0.05, 0) is 6.07 Å². The molecule has 1 aliphatic rings. The lowest BCUT2D eigenvalue weighted by Crippen LogP contribution is -2.46. The molecule has 1 aliphatic heterocycles. The number of amides is 1. The van der Waals surface area contributed by atoms with Crippen molar-refractivity contribution in [3.63, 3.8) is 0 Å². The minimum Gasteiger partial charge on any atom is -0.335 e. The predicted octanol–water partition coefficient (Wildman–Crippen LogP) is 0.324. The summed E-state index contributed by atoms with van der Waals surface area (Å²) in [7, 11) is 0. The molecule has 1 aromatic heterocycles. The molecule has 2 heterocycles. The highest BCUT2D eigenvalue weighted by molar-refractivity contribution is 5.92. The number of carbonyl (C=O) groups excluding carboxylic acids is 1. The van der Waals surface area contributed by atoms with Crippen LogP contribution in [0.2, 0.25) is 0 Å². The van der Waals surface area contributed by atoms with E-state index in [0.717, 1.165) is 0 Å². The largest absolute Gasteiger partial charge is 0.335 e. The number of nitrogens with zero attached hydrogens (tertiary/aromatic N) is 3. The van der Waals surface area contributed by atoms with E-state index in [1.54, 1.807) is 4.90 Å². The molecular weight excluding hydrogens is 218 g/mol. The van der Waals surface area contributed by atoms with Crippen molar-refractivity contribution in [2.75, 3.05) is 26.2 Å². The second-order valence-electron chi connectivity index (χ2n) is 3.48. The van der Waals surface area contributed by atoms with Crippen LogP contribution in [0.15, 0.2) is 12.3 Å². The van der Waals surface area contributed by atoms with Gasteiger partial charge in [0.05, 0.1) is 0 Å². The summed E-state index contributed by atoms with van der Waals surface area (Å²) in [5, 5.41) is 6.52. The Hall–Kier alpha value is -1.50. The molecule has 0 radical (unpaired) electrons. The number of rotatable bonds is 2. The molecule has 1 aromatic rings. The summed E-state index contributed by atoms with van der Waals surface area (Å²) in [6.45, 7) is -0.333. The number of hydrogen-bond donors (Lipinski definition) is 1. The van der Waals surface area contributed by atoms with Crippen molar-refractivity contribution < 1.29 is 13.6 Å². The molecule has 0 spiro atoms. The Kier molecular flexibility index (Phi) is 3.14. The summed E-state index contributed by atoms with van der Waals surface area (Å²) in [4.78, 5) is 13.4. The molecule has 1 saturated heterocycles. The molecule has 0 bridgehead atoms. The number of piperazine rings is 1. The maximum atomic E-state index is 12.5. The third kappa shape index (κ3) is 2.04. The number of halogens is 2. The Labute approximate surface area is 91.0 Å². The van der Waals surface area contributed by atoms with Crippen molar-refractivity contribution >= 4 is 5.91 Å². The highest BCUT2D eigenvalue weighted by Gasteiger charge is 2.23. The zero-order chi connectivity index (χ0) is 11.5. The summed E-state index contributed by atoms with van der Waals surface area (Å²) in [5.74, 6) is -0.390. The van der Waals surface area contributed by atoms with Crippen LogP contribution in [0, 0.1) is 0 Å². The van der Waals surface area contributed by atoms with E-state index in [9.17, 15) is 13.6 Å². The number of aromatic nitrogens is 2. The Morgan fingerprint density at radius 1 is 1.44 bits per heavy atom. The zero-order valence-corrected chi connectivity index (χ0v) is 8.57. The first-order valence-corrected chi connectivity index (χ1v) is 5.02. The third-order valence-electron chi connectivity index (χ3n) is 2.48. The lowest BCUT2D eigenvalue weighted by Gasteiger charge is -2.27. The van der Waals surface area contributed by atoms with Crippen molar-refractivity contribution in [2.24, 2.45) is 0 Å². The van der Waals surface area contributed by atoms with Gasteiger partial charge in [0.2, 0.25) is 0 Å². The summed E-state index contributed by atoms with van der Waals surface area (Å²) >= 11 is 0. The van der Waals surface area contributed by atoms with E-state index >= 15 is 0 Å². The van der Waals surface area contributed by atoms with Gasteiger partial charge in [0.1, 0.15) is 5.69 Å². The highest BCUT2D eigenvalue weighted by atomic mass is 19.3. The maximum absolute atomic E-state index is 12.5. The van der Waals surface area contributed by atoms with Crippen LogP contribution in [0.3, 0.4) is 0 Å². The first kappa shape index (κ1) is 11.0. The van der Waals surface area contributed by atoms with Gasteiger partial charge in [0.15, 0.2) is 0 Å². The average Bonchev–Trinajstić information content (AvgIpc) is 2.78. The van der Waals surface area contributed by atoms with Crippen LogP contribution in [0.1, 0.15) is 17.0 Å². The molecule has 0 aromatic carbocycles. The molecule has 0 saturated carbocycles. The quantitative estimate of drug-likeness (QED) is 0.796. The standard InChI is InChI=1S/C9H12F2N4O/c10-9(11)15-7(1-2-13-15)8(16)14-5-3-12-4-6-14/h1-2,9,12H,3-6H2. The van der Waals surface area contributed by atoms with E-state index in [2.05, 4.69) is 10.4 Å². The van der Waals surface area contributed by atoms with Gasteiger partial charge in [-0.25, -0.2) is 0 Å². The van der Waals surface area contributed by atoms with Gasteiger partial charge in [-0.15, -0.1) is 0 Å². The Bertz CT molecular complexity index is 373. The fraction of sp³-hybridized carbons (Fsp3) is 0.556. The van der Waals surface area contributed by atoms with Crippen LogP contribution >= 0.6 is 0 Å². The smallest absolute Gasteiger partial charge is 0.333 e. The molecule has 2 rings (SSSR count). The average molecular weight is 230 g/mol. The highest BCUT2D eigenvalue weighted by Crippen LogP contribution is 2.14. The number of nitrogens with one attached hydrogen (secondary N) is 1. The lowest BCUT2D eigenvalue weighted by atomic mass is 10.3. The summed E-state index contributed by atoms with van der Waals surface area (Å²) in [6, 6.07) is 1.32. The number of alkyl halides is 2. The zero-order valence-electron chi connectivity index (χ0n) is 8.57. The molecule has 5 nitrogen and oxygen atoms in total. The van der Waals surface area contributed by atoms with Crippen molar-refractivity contribution in [3.05, 3.63) is 18.0 Å². The molecule has 7 heteroatoms. The SMILES string of the molecule is O=C(c1ccnn1C(F)F)N1CCNCC1. The predicted molar refractivity (Wildman–Crippen MR) is 52.3 cm³/mol. The molecule has 1 N–H and O–H groups in total. The Morgan fingerprint density at radius 2 is 2.12 bits per heavy atom. The fourth-order valence-electron chi connectivity index (χ4n) is 1.67. The van der Waals surface area contributed by atoms with Gasteiger partial charge < -0.3 is 10.2 Å². The van der Waals surface area contributed by atoms with Crippen molar-refractivity contribution in [1.82, 2.24) is 20.0 Å². The minimum absolute atomic E-state index is 0.0584. The molecular formula is C9H12F2N4O. The van der Waals surface area contributed by atoms with Gasteiger partial charge in [0, 0.05) is 32.4 Å². The topological polar surface area (TPSA) is 50.2 Å². The van der Waals surface area contributed by atoms with E-state index in [4.69, 9.17) is 0 Å². The van der Waals surface area contributed by atoms with Crippen molar-refractivity contribution in [2.45, 2.75) is 6.55 Å². The normalized spacial score (nSPS) is 16.8. The molecule has 0 atom stereocenters. The molecule has 0 unspecified atom stereocenters. The van der Waals surface area contributed by atoms with E-state index in [-0.39, 0.29) is 11.6 Å². The molecule has 16 heavy (non-hydrogen) atoms. The maximum Gasteiger partial charge on any atom is 0.333 e. The third-order valence-corrected chi connectivity index (χ3v) is 2.48. The monoisotopic (exact) mass is 230 g/mol. The molecule has 88 valence electrons. The van der Waals surface area contributed by atoms with E-state index in [1.807, 2.05) is 0 Å². The summed E-state index contributed by atoms with van der Waals surface area (Å²) in [5.41, 5.74) is -0.0584. The summed E-state index contributed by atoms with van der Waals surface area (Å²) < 4.78 is 25.5. The van der Waals surface area contributed by atoms with Gasteiger partial charge >= 0.3 is 6.55 Å². The van der Waals surface area contributed by atoms with E-state index < -0.39 is 6.55 Å². The van der Waals surface area contributed by atoms with Gasteiger partial charge in [-0.2, -0.15) is 18.6 Å². The first-order valence-electron chi connectivity index (χ1n) is 5.02. The van der Waals surface area contributed by atoms with Crippen LogP contribution in [-0.4, -0.2) is 46.8 Å². The van der Waals surface area contributed by atoms with E-state index in [0.29, 0.717) is 30.9 Å². The second-order valence-corrected chi connectivity index (χ2v) is 3.48. The Morgan fingerprint density at radius 3 is 2.75 bits per heavy atom. The minimum atomic E-state index is -2.78. The van der Waals surface area contributed by atoms with Crippen LogP contribution in [0.4, 0.5) is 8.78 Å². The number of hydrogen-bond acceptors (Lipinski definition) is 3. The van der Waals surface area contributed by atoms with E-state index in [1.165, 1.54) is 12.3 Å². The van der Waals surface area contributed by atoms with Crippen molar-refractivity contribution in [3.8, 4) is 0 Å². The van der Waals surface area contributed by atoms with Gasteiger partial charge in [0.25, 0.3) is 5.91 Å². The molecule has 0 aliphatic carbocycles. The second kappa shape index (κ2) is 4.56. The van der Waals surface area contributed by atoms with Crippen LogP contribution in [-0.2, 0) is 0 Å². The fourth-order valence-corrected chi connectivity index (χ4v) is 1.67. The van der Waals surface area contributed by atoms with Crippen LogP contribution in [0.5, 0.6) is 0 Å². The lowest BCUT2D eigenvalue weighted by molar-refractivity contribution is 0.0458. The summed E-state index contributed by atoms with van der Waals surface area (Å²) in [6.07, 6.45) is 1.21. The Balaban J connectivity index is 2.16. The number of carbonyl (C=O) groups is 1. The van der Waals surface area contributed by atoms with Crippen LogP contribution < -0.4 is 5.32 Å². The van der Waals surface area contributed by atoms with Crippen molar-refractivity contribution in [1.29, 1.82) is 0 Å². The van der Waals surface area contributed by atoms with Gasteiger partial charge in [-0.1, -0.05) is 0 Å². The first-order chi connectivity index (χ1) is 7.70. The molecule has 1 fully saturated rings. The van der Waals surface area contributed by atoms with Gasteiger partial charge in [-0.3, -0.25) is 4.79 Å².